The quantitative estimate of drug-likeness (QED) is 0.760. The molecule has 0 aromatic carbocycles. The molecule has 1 aromatic rings. The van der Waals surface area contributed by atoms with Crippen LogP contribution in [0.15, 0.2) is 18.3 Å². The molecule has 2 N–H and O–H groups in total. The van der Waals surface area contributed by atoms with Gasteiger partial charge in [-0.15, -0.1) is 0 Å². The van der Waals surface area contributed by atoms with Crippen molar-refractivity contribution < 1.29 is 5.11 Å². The van der Waals surface area contributed by atoms with E-state index >= 15 is 0 Å². The number of halogens is 1. The average Bonchev–Trinajstić information content (AvgIpc) is 2.26. The van der Waals surface area contributed by atoms with Gasteiger partial charge in [0.25, 0.3) is 0 Å². The van der Waals surface area contributed by atoms with Crippen LogP contribution in [0.3, 0.4) is 0 Å². The first-order chi connectivity index (χ1) is 7.19. The van der Waals surface area contributed by atoms with E-state index in [0.717, 1.165) is 18.4 Å². The number of aromatic nitrogens is 1. The Hall–Kier alpha value is -0.640. The molecule has 3 nitrogen and oxygen atoms in total. The van der Waals surface area contributed by atoms with Crippen LogP contribution in [0.5, 0.6) is 0 Å². The largest absolute Gasteiger partial charge is 0.387 e. The molecule has 1 heterocycles. The zero-order valence-electron chi connectivity index (χ0n) is 9.07. The Kier molecular flexibility index (Phi) is 5.02. The molecule has 2 atom stereocenters. The topological polar surface area (TPSA) is 45.1 Å². The summed E-state index contributed by atoms with van der Waals surface area (Å²) in [5.74, 6) is 0. The number of hydrogen-bond donors (Lipinski definition) is 2. The van der Waals surface area contributed by atoms with E-state index < -0.39 is 6.10 Å². The van der Waals surface area contributed by atoms with Crippen LogP contribution < -0.4 is 5.32 Å². The van der Waals surface area contributed by atoms with E-state index in [1.807, 2.05) is 7.05 Å². The highest BCUT2D eigenvalue weighted by atomic mass is 35.5. The Bertz CT molecular complexity index is 289. The highest BCUT2D eigenvalue weighted by Crippen LogP contribution is 2.19. The average molecular weight is 229 g/mol. The van der Waals surface area contributed by atoms with Crippen molar-refractivity contribution in [2.24, 2.45) is 0 Å². The Balaban J connectivity index is 2.73. The molecular weight excluding hydrogens is 212 g/mol. The van der Waals surface area contributed by atoms with Crippen LogP contribution in [-0.2, 0) is 0 Å². The second-order valence-electron chi connectivity index (χ2n) is 3.54. The van der Waals surface area contributed by atoms with Gasteiger partial charge in [0.1, 0.15) is 5.15 Å². The third-order valence-electron chi connectivity index (χ3n) is 2.44. The summed E-state index contributed by atoms with van der Waals surface area (Å²) in [6.45, 7) is 2.09. The van der Waals surface area contributed by atoms with Gasteiger partial charge in [0.05, 0.1) is 6.10 Å². The van der Waals surface area contributed by atoms with Gasteiger partial charge in [0, 0.05) is 17.8 Å². The summed E-state index contributed by atoms with van der Waals surface area (Å²) in [7, 11) is 1.85. The molecule has 0 saturated heterocycles. The molecule has 1 aromatic heterocycles. The fourth-order valence-electron chi connectivity index (χ4n) is 1.57. The highest BCUT2D eigenvalue weighted by Gasteiger charge is 2.18. The lowest BCUT2D eigenvalue weighted by Gasteiger charge is -2.21. The molecule has 0 aliphatic carbocycles. The van der Waals surface area contributed by atoms with Crippen LogP contribution in [0, 0.1) is 0 Å². The summed E-state index contributed by atoms with van der Waals surface area (Å²) >= 11 is 5.68. The molecule has 0 spiro atoms. The van der Waals surface area contributed by atoms with Crippen LogP contribution >= 0.6 is 11.6 Å². The number of likely N-dealkylation sites (N-methyl/N-ethyl adjacent to an activating group) is 1. The first-order valence-corrected chi connectivity index (χ1v) is 5.53. The van der Waals surface area contributed by atoms with E-state index in [9.17, 15) is 5.11 Å². The minimum absolute atomic E-state index is 0.0676. The maximum atomic E-state index is 10.1. The van der Waals surface area contributed by atoms with Crippen molar-refractivity contribution >= 4 is 11.6 Å². The van der Waals surface area contributed by atoms with Crippen molar-refractivity contribution in [3.8, 4) is 0 Å². The Morgan fingerprint density at radius 2 is 2.27 bits per heavy atom. The van der Waals surface area contributed by atoms with Crippen LogP contribution in [0.2, 0.25) is 5.15 Å². The predicted octanol–water partition coefficient (Wildman–Crippen LogP) is 2.16. The van der Waals surface area contributed by atoms with Crippen LogP contribution in [0.1, 0.15) is 31.4 Å². The van der Waals surface area contributed by atoms with Crippen molar-refractivity contribution in [3.05, 3.63) is 29.0 Å². The Morgan fingerprint density at radius 1 is 1.53 bits per heavy atom. The lowest BCUT2D eigenvalue weighted by Crippen LogP contribution is -2.31. The molecule has 4 heteroatoms. The molecule has 0 aliphatic heterocycles. The van der Waals surface area contributed by atoms with Crippen LogP contribution in [-0.4, -0.2) is 23.2 Å². The summed E-state index contributed by atoms with van der Waals surface area (Å²) in [5.41, 5.74) is 0.798. The van der Waals surface area contributed by atoms with E-state index in [2.05, 4.69) is 17.2 Å². The standard InChI is InChI=1S/C11H17ClN2O/c1-3-4-9(13-2)11(15)8-5-6-10(12)14-7-8/h5-7,9,11,13,15H,3-4H2,1-2H3/t9?,11-/m1/s1. The van der Waals surface area contributed by atoms with Crippen LogP contribution in [0.4, 0.5) is 0 Å². The summed E-state index contributed by atoms with van der Waals surface area (Å²) in [5, 5.41) is 13.6. The molecule has 15 heavy (non-hydrogen) atoms. The Labute approximate surface area is 95.5 Å². The second-order valence-corrected chi connectivity index (χ2v) is 3.93. The Morgan fingerprint density at radius 3 is 2.73 bits per heavy atom. The van der Waals surface area contributed by atoms with Gasteiger partial charge in [0.2, 0.25) is 0 Å². The number of rotatable bonds is 5. The minimum atomic E-state index is -0.528. The first-order valence-electron chi connectivity index (χ1n) is 5.15. The van der Waals surface area contributed by atoms with Gasteiger partial charge in [-0.1, -0.05) is 31.0 Å². The number of nitrogens with one attached hydrogen (secondary N) is 1. The number of aliphatic hydroxyl groups excluding tert-OH is 1. The minimum Gasteiger partial charge on any atom is -0.387 e. The van der Waals surface area contributed by atoms with Gasteiger partial charge in [-0.3, -0.25) is 0 Å². The molecule has 0 aliphatic rings. The van der Waals surface area contributed by atoms with Gasteiger partial charge in [-0.2, -0.15) is 0 Å². The molecule has 0 fully saturated rings. The first kappa shape index (κ1) is 12.4. The number of hydrogen-bond acceptors (Lipinski definition) is 3. The monoisotopic (exact) mass is 228 g/mol. The van der Waals surface area contributed by atoms with Crippen molar-refractivity contribution in [2.45, 2.75) is 31.9 Å². The molecule has 0 saturated carbocycles. The molecule has 1 rings (SSSR count). The molecule has 0 radical (unpaired) electrons. The fraction of sp³-hybridized carbons (Fsp3) is 0.545. The molecule has 84 valence electrons. The molecule has 0 bridgehead atoms. The van der Waals surface area contributed by atoms with Crippen molar-refractivity contribution in [2.75, 3.05) is 7.05 Å². The predicted molar refractivity (Wildman–Crippen MR) is 62.0 cm³/mol. The van der Waals surface area contributed by atoms with E-state index in [-0.39, 0.29) is 6.04 Å². The zero-order chi connectivity index (χ0) is 11.3. The van der Waals surface area contributed by atoms with Crippen molar-refractivity contribution in [1.82, 2.24) is 10.3 Å². The summed E-state index contributed by atoms with van der Waals surface area (Å²) in [6.07, 6.45) is 3.05. The SMILES string of the molecule is CCCC(NC)[C@H](O)c1ccc(Cl)nc1. The smallest absolute Gasteiger partial charge is 0.129 e. The molecule has 1 unspecified atom stereocenters. The number of aliphatic hydroxyl groups is 1. The number of pyridine rings is 1. The lowest BCUT2D eigenvalue weighted by atomic mass is 10.0. The maximum absolute atomic E-state index is 10.1. The third-order valence-corrected chi connectivity index (χ3v) is 2.67. The van der Waals surface area contributed by atoms with Crippen molar-refractivity contribution in [1.29, 1.82) is 0 Å². The van der Waals surface area contributed by atoms with Crippen LogP contribution in [0.25, 0.3) is 0 Å². The van der Waals surface area contributed by atoms with Gasteiger partial charge in [-0.25, -0.2) is 4.98 Å². The zero-order valence-corrected chi connectivity index (χ0v) is 9.83. The van der Waals surface area contributed by atoms with E-state index in [1.165, 1.54) is 0 Å². The molecule has 0 amide bonds. The fourth-order valence-corrected chi connectivity index (χ4v) is 1.68. The van der Waals surface area contributed by atoms with Gasteiger partial charge >= 0.3 is 0 Å². The highest BCUT2D eigenvalue weighted by molar-refractivity contribution is 6.29. The summed E-state index contributed by atoms with van der Waals surface area (Å²) in [4.78, 5) is 3.95. The van der Waals surface area contributed by atoms with E-state index in [4.69, 9.17) is 11.6 Å². The van der Waals surface area contributed by atoms with Gasteiger partial charge in [-0.05, 0) is 19.5 Å². The lowest BCUT2D eigenvalue weighted by molar-refractivity contribution is 0.127. The van der Waals surface area contributed by atoms with E-state index in [1.54, 1.807) is 18.3 Å². The summed E-state index contributed by atoms with van der Waals surface area (Å²) in [6, 6.07) is 3.57. The van der Waals surface area contributed by atoms with E-state index in [0.29, 0.717) is 5.15 Å². The third kappa shape index (κ3) is 3.45. The van der Waals surface area contributed by atoms with Gasteiger partial charge in [0.15, 0.2) is 0 Å². The normalized spacial score (nSPS) is 14.9. The van der Waals surface area contributed by atoms with Crippen molar-refractivity contribution in [3.63, 3.8) is 0 Å². The molecular formula is C11H17ClN2O. The summed E-state index contributed by atoms with van der Waals surface area (Å²) < 4.78 is 0. The second kappa shape index (κ2) is 6.05. The van der Waals surface area contributed by atoms with Gasteiger partial charge < -0.3 is 10.4 Å². The number of nitrogens with zero attached hydrogens (tertiary/aromatic N) is 1. The maximum Gasteiger partial charge on any atom is 0.129 e.